The molecular weight excluding hydrogens is 222 g/mol. The van der Waals surface area contributed by atoms with Crippen LogP contribution in [0.15, 0.2) is 5.16 Å². The van der Waals surface area contributed by atoms with Gasteiger partial charge in [0.1, 0.15) is 11.4 Å². The van der Waals surface area contributed by atoms with Gasteiger partial charge in [-0.3, -0.25) is 0 Å². The largest absolute Gasteiger partial charge is 0.444 e. The lowest BCUT2D eigenvalue weighted by Gasteiger charge is -2.27. The maximum atomic E-state index is 11.9. The van der Waals surface area contributed by atoms with Gasteiger partial charge in [-0.05, 0) is 33.6 Å². The first-order valence-corrected chi connectivity index (χ1v) is 5.79. The van der Waals surface area contributed by atoms with E-state index in [1.807, 2.05) is 20.8 Å². The highest BCUT2D eigenvalue weighted by Crippen LogP contribution is 2.28. The highest BCUT2D eigenvalue weighted by Gasteiger charge is 2.34. The van der Waals surface area contributed by atoms with E-state index in [0.717, 1.165) is 12.8 Å². The number of carbonyl (C=O) groups excluding carboxylic acids is 1. The molecule has 98 valence electrons. The molecule has 1 saturated carbocycles. The van der Waals surface area contributed by atoms with Gasteiger partial charge in [0.25, 0.3) is 0 Å². The first kappa shape index (κ1) is 13.6. The van der Waals surface area contributed by atoms with Crippen molar-refractivity contribution >= 4 is 11.9 Å². The van der Waals surface area contributed by atoms with E-state index >= 15 is 0 Å². The zero-order valence-electron chi connectivity index (χ0n) is 10.6. The van der Waals surface area contributed by atoms with Crippen LogP contribution in [-0.4, -0.2) is 40.2 Å². The van der Waals surface area contributed by atoms with Gasteiger partial charge in [0.15, 0.2) is 0 Å². The number of carbonyl (C=O) groups is 1. The summed E-state index contributed by atoms with van der Waals surface area (Å²) in [4.78, 5) is 13.6. The second-order valence-corrected chi connectivity index (χ2v) is 5.25. The molecule has 6 nitrogen and oxygen atoms in total. The van der Waals surface area contributed by atoms with Crippen LogP contribution >= 0.6 is 0 Å². The van der Waals surface area contributed by atoms with Gasteiger partial charge in [0.2, 0.25) is 0 Å². The molecule has 6 heteroatoms. The van der Waals surface area contributed by atoms with Crippen molar-refractivity contribution in [3.8, 4) is 0 Å². The summed E-state index contributed by atoms with van der Waals surface area (Å²) >= 11 is 0. The quantitative estimate of drug-likeness (QED) is 0.339. The molecule has 3 N–H and O–H groups in total. The molecule has 0 bridgehead atoms. The van der Waals surface area contributed by atoms with Crippen molar-refractivity contribution < 1.29 is 14.7 Å². The predicted molar refractivity (Wildman–Crippen MR) is 64.0 cm³/mol. The minimum atomic E-state index is -0.499. The summed E-state index contributed by atoms with van der Waals surface area (Å²) in [5, 5.41) is 11.3. The summed E-state index contributed by atoms with van der Waals surface area (Å²) in [5.74, 6) is 0.124. The molecule has 0 heterocycles. The zero-order chi connectivity index (χ0) is 13.1. The number of oxime groups is 1. The van der Waals surface area contributed by atoms with Crippen molar-refractivity contribution in [1.82, 2.24) is 4.90 Å². The Morgan fingerprint density at radius 3 is 2.53 bits per heavy atom. The minimum Gasteiger partial charge on any atom is -0.444 e. The van der Waals surface area contributed by atoms with E-state index in [2.05, 4.69) is 5.16 Å². The number of hydrogen-bond acceptors (Lipinski definition) is 4. The Morgan fingerprint density at radius 2 is 2.12 bits per heavy atom. The van der Waals surface area contributed by atoms with E-state index < -0.39 is 5.60 Å². The number of nitrogens with zero attached hydrogens (tertiary/aromatic N) is 2. The molecule has 1 amide bonds. The third kappa shape index (κ3) is 4.93. The molecule has 1 aliphatic carbocycles. The van der Waals surface area contributed by atoms with E-state index in [9.17, 15) is 4.79 Å². The number of rotatable bonds is 4. The van der Waals surface area contributed by atoms with Gasteiger partial charge in [0.05, 0.1) is 0 Å². The Morgan fingerprint density at radius 1 is 1.53 bits per heavy atom. The fourth-order valence-electron chi connectivity index (χ4n) is 1.41. The lowest BCUT2D eigenvalue weighted by Crippen LogP contribution is -2.39. The van der Waals surface area contributed by atoms with Crippen molar-refractivity contribution in [2.45, 2.75) is 51.7 Å². The number of amides is 1. The average molecular weight is 243 g/mol. The number of ether oxygens (including phenoxy) is 1. The molecule has 0 aliphatic heterocycles. The summed E-state index contributed by atoms with van der Waals surface area (Å²) in [6, 6.07) is 0.247. The van der Waals surface area contributed by atoms with Gasteiger partial charge in [-0.25, -0.2) is 4.79 Å². The van der Waals surface area contributed by atoms with Crippen LogP contribution in [0.25, 0.3) is 0 Å². The van der Waals surface area contributed by atoms with Crippen LogP contribution in [0.5, 0.6) is 0 Å². The summed E-state index contributed by atoms with van der Waals surface area (Å²) in [6.45, 7) is 5.92. The molecule has 0 spiro atoms. The third-order valence-electron chi connectivity index (χ3n) is 2.35. The fraction of sp³-hybridized carbons (Fsp3) is 0.818. The topological polar surface area (TPSA) is 88.2 Å². The number of nitrogens with two attached hydrogens (primary N) is 1. The highest BCUT2D eigenvalue weighted by molar-refractivity contribution is 5.80. The van der Waals surface area contributed by atoms with E-state index in [1.54, 1.807) is 4.90 Å². The molecule has 17 heavy (non-hydrogen) atoms. The lowest BCUT2D eigenvalue weighted by atomic mass is 10.2. The molecule has 0 saturated heterocycles. The maximum absolute atomic E-state index is 11.9. The Kier molecular flexibility index (Phi) is 4.20. The van der Waals surface area contributed by atoms with Crippen molar-refractivity contribution in [3.63, 3.8) is 0 Å². The van der Waals surface area contributed by atoms with Crippen LogP contribution in [0.3, 0.4) is 0 Å². The van der Waals surface area contributed by atoms with Crippen molar-refractivity contribution in [1.29, 1.82) is 0 Å². The molecule has 0 radical (unpaired) electrons. The standard InChI is InChI=1S/C11H21N3O3/c1-11(2,3)17-10(15)14(8-4-5-8)7-6-9(12)13-16/h8,16H,4-7H2,1-3H3,(H2,12,13). The third-order valence-corrected chi connectivity index (χ3v) is 2.35. The second kappa shape index (κ2) is 5.25. The van der Waals surface area contributed by atoms with Gasteiger partial charge < -0.3 is 20.6 Å². The van der Waals surface area contributed by atoms with Crippen molar-refractivity contribution in [3.05, 3.63) is 0 Å². The zero-order valence-corrected chi connectivity index (χ0v) is 10.6. The first-order chi connectivity index (χ1) is 7.83. The van der Waals surface area contributed by atoms with E-state index in [-0.39, 0.29) is 18.0 Å². The predicted octanol–water partition coefficient (Wildman–Crippen LogP) is 1.52. The summed E-state index contributed by atoms with van der Waals surface area (Å²) in [5.41, 5.74) is 4.89. The second-order valence-electron chi connectivity index (χ2n) is 5.25. The average Bonchev–Trinajstić information content (AvgIpc) is 2.99. The first-order valence-electron chi connectivity index (χ1n) is 5.79. The Labute approximate surface area is 101 Å². The highest BCUT2D eigenvalue weighted by atomic mass is 16.6. The molecular formula is C11H21N3O3. The van der Waals surface area contributed by atoms with E-state index in [0.29, 0.717) is 13.0 Å². The normalized spacial score (nSPS) is 16.8. The van der Waals surface area contributed by atoms with Gasteiger partial charge in [-0.15, -0.1) is 0 Å². The van der Waals surface area contributed by atoms with Gasteiger partial charge in [-0.1, -0.05) is 5.16 Å². The SMILES string of the molecule is CC(C)(C)OC(=O)N(CCC(N)=NO)C1CC1. The van der Waals surface area contributed by atoms with Gasteiger partial charge >= 0.3 is 6.09 Å². The lowest BCUT2D eigenvalue weighted by molar-refractivity contribution is 0.0239. The van der Waals surface area contributed by atoms with Crippen LogP contribution in [0.1, 0.15) is 40.0 Å². The maximum Gasteiger partial charge on any atom is 0.410 e. The van der Waals surface area contributed by atoms with Crippen LogP contribution in [-0.2, 0) is 4.74 Å². The smallest absolute Gasteiger partial charge is 0.410 e. The Balaban J connectivity index is 2.51. The van der Waals surface area contributed by atoms with Crippen molar-refractivity contribution in [2.75, 3.05) is 6.54 Å². The minimum absolute atomic E-state index is 0.124. The molecule has 0 aromatic carbocycles. The number of hydrogen-bond donors (Lipinski definition) is 2. The molecule has 1 rings (SSSR count). The molecule has 0 aromatic rings. The van der Waals surface area contributed by atoms with Crippen LogP contribution in [0.2, 0.25) is 0 Å². The Hall–Kier alpha value is -1.46. The number of amidine groups is 1. The van der Waals surface area contributed by atoms with Crippen LogP contribution < -0.4 is 5.73 Å². The molecule has 0 atom stereocenters. The van der Waals surface area contributed by atoms with Gasteiger partial charge in [0, 0.05) is 19.0 Å². The van der Waals surface area contributed by atoms with Gasteiger partial charge in [-0.2, -0.15) is 0 Å². The fourth-order valence-corrected chi connectivity index (χ4v) is 1.41. The monoisotopic (exact) mass is 243 g/mol. The summed E-state index contributed by atoms with van der Waals surface area (Å²) in [6.07, 6.45) is 2.02. The van der Waals surface area contributed by atoms with Crippen LogP contribution in [0, 0.1) is 0 Å². The summed E-state index contributed by atoms with van der Waals surface area (Å²) in [7, 11) is 0. The molecule has 1 fully saturated rings. The van der Waals surface area contributed by atoms with Crippen LogP contribution in [0.4, 0.5) is 4.79 Å². The summed E-state index contributed by atoms with van der Waals surface area (Å²) < 4.78 is 5.31. The van der Waals surface area contributed by atoms with Crippen molar-refractivity contribution in [2.24, 2.45) is 10.9 Å². The van der Waals surface area contributed by atoms with E-state index in [1.165, 1.54) is 0 Å². The molecule has 0 unspecified atom stereocenters. The molecule has 1 aliphatic rings. The van der Waals surface area contributed by atoms with E-state index in [4.69, 9.17) is 15.7 Å². The Bertz CT molecular complexity index is 306. The molecule has 0 aromatic heterocycles.